The van der Waals surface area contributed by atoms with Crippen LogP contribution in [0.2, 0.25) is 0 Å². The molecule has 0 amide bonds. The van der Waals surface area contributed by atoms with Gasteiger partial charge in [0.15, 0.2) is 5.82 Å². The molecule has 0 radical (unpaired) electrons. The van der Waals surface area contributed by atoms with Gasteiger partial charge in [0, 0.05) is 29.1 Å². The largest absolute Gasteiger partial charge is 0.494 e. The van der Waals surface area contributed by atoms with Gasteiger partial charge in [-0.2, -0.15) is 4.98 Å². The number of aromatic nitrogens is 3. The Hall–Kier alpha value is -3.40. The summed E-state index contributed by atoms with van der Waals surface area (Å²) in [5.41, 5.74) is 19.3. The van der Waals surface area contributed by atoms with Gasteiger partial charge in [0.25, 0.3) is 6.43 Å². The zero-order chi connectivity index (χ0) is 22.1. The summed E-state index contributed by atoms with van der Waals surface area (Å²) in [7, 11) is 1.56. The Balaban J connectivity index is 1.49. The highest BCUT2D eigenvalue weighted by molar-refractivity contribution is 5.96. The standard InChI is InChI=1S/C21H23F2N7O/c1-31-15-4-2-3-13-17(15)28-21(26)30-20(13)29-19(25)12-7-11(8-12)14-6-5-10(9-27-14)16(24)18(22)23/h2-6,9,11-12,16,18H,7-8,24H2,1H3,(H4,25,26,28,29,30). The first-order chi connectivity index (χ1) is 14.9. The van der Waals surface area contributed by atoms with Gasteiger partial charge >= 0.3 is 0 Å². The molecule has 162 valence electrons. The highest BCUT2D eigenvalue weighted by atomic mass is 19.3. The maximum atomic E-state index is 12.7. The van der Waals surface area contributed by atoms with Crippen molar-refractivity contribution in [2.24, 2.45) is 22.4 Å². The average molecular weight is 427 g/mol. The van der Waals surface area contributed by atoms with E-state index in [0.29, 0.717) is 33.9 Å². The molecule has 0 spiro atoms. The number of methoxy groups -OCH3 is 1. The van der Waals surface area contributed by atoms with Gasteiger partial charge in [-0.25, -0.2) is 18.8 Å². The SMILES string of the molecule is COc1cccc2c(N=C(N)C3CC(c4ccc(C(N)C(F)F)cn4)C3)nc(N)nc12. The van der Waals surface area contributed by atoms with Crippen molar-refractivity contribution in [3.63, 3.8) is 0 Å². The number of para-hydroxylation sites is 1. The van der Waals surface area contributed by atoms with E-state index >= 15 is 0 Å². The molecule has 2 aromatic heterocycles. The predicted molar refractivity (Wildman–Crippen MR) is 114 cm³/mol. The maximum Gasteiger partial charge on any atom is 0.257 e. The fourth-order valence-corrected chi connectivity index (χ4v) is 3.69. The Morgan fingerprint density at radius 3 is 2.61 bits per heavy atom. The minimum absolute atomic E-state index is 0.0617. The highest BCUT2D eigenvalue weighted by Gasteiger charge is 2.34. The van der Waals surface area contributed by atoms with E-state index in [9.17, 15) is 8.78 Å². The molecule has 1 saturated carbocycles. The second kappa shape index (κ2) is 8.38. The average Bonchev–Trinajstić information content (AvgIpc) is 2.72. The third-order valence-corrected chi connectivity index (χ3v) is 5.58. The van der Waals surface area contributed by atoms with Crippen LogP contribution < -0.4 is 21.9 Å². The Morgan fingerprint density at radius 2 is 1.97 bits per heavy atom. The number of aliphatic imine (C=N–C) groups is 1. The number of halogens is 2. The quantitative estimate of drug-likeness (QED) is 0.406. The molecule has 0 aliphatic heterocycles. The van der Waals surface area contributed by atoms with E-state index in [0.717, 1.165) is 18.5 Å². The minimum atomic E-state index is -2.62. The first-order valence-corrected chi connectivity index (χ1v) is 9.81. The number of hydrogen-bond acceptors (Lipinski definition) is 7. The molecular formula is C21H23F2N7O. The van der Waals surface area contributed by atoms with Crippen LogP contribution in [0.1, 0.15) is 36.1 Å². The summed E-state index contributed by atoms with van der Waals surface area (Å²) < 4.78 is 30.8. The van der Waals surface area contributed by atoms with E-state index in [4.69, 9.17) is 21.9 Å². The van der Waals surface area contributed by atoms with Gasteiger partial charge in [-0.1, -0.05) is 12.1 Å². The van der Waals surface area contributed by atoms with E-state index < -0.39 is 12.5 Å². The molecule has 1 aromatic carbocycles. The van der Waals surface area contributed by atoms with Crippen LogP contribution in [0.25, 0.3) is 10.9 Å². The molecule has 0 saturated heterocycles. The zero-order valence-electron chi connectivity index (χ0n) is 16.9. The summed E-state index contributed by atoms with van der Waals surface area (Å²) in [6.45, 7) is 0. The topological polar surface area (TPSA) is 138 Å². The molecule has 6 N–H and O–H groups in total. The molecule has 1 unspecified atom stereocenters. The van der Waals surface area contributed by atoms with Crippen molar-refractivity contribution in [3.8, 4) is 5.75 Å². The number of alkyl halides is 2. The molecule has 10 heteroatoms. The van der Waals surface area contributed by atoms with Crippen LogP contribution in [0.4, 0.5) is 20.5 Å². The smallest absolute Gasteiger partial charge is 0.257 e. The van der Waals surface area contributed by atoms with Crippen LogP contribution in [0.5, 0.6) is 5.75 Å². The Bertz CT molecular complexity index is 1110. The number of nitrogen functional groups attached to an aromatic ring is 1. The molecule has 3 aromatic rings. The first-order valence-electron chi connectivity index (χ1n) is 9.81. The number of benzene rings is 1. The third kappa shape index (κ3) is 4.11. The van der Waals surface area contributed by atoms with Crippen LogP contribution in [-0.4, -0.2) is 34.3 Å². The van der Waals surface area contributed by atoms with E-state index in [1.807, 2.05) is 12.1 Å². The lowest BCUT2D eigenvalue weighted by molar-refractivity contribution is 0.116. The van der Waals surface area contributed by atoms with Gasteiger partial charge in [0.1, 0.15) is 17.1 Å². The van der Waals surface area contributed by atoms with Gasteiger partial charge in [0.05, 0.1) is 13.2 Å². The van der Waals surface area contributed by atoms with Crippen LogP contribution in [-0.2, 0) is 0 Å². The van der Waals surface area contributed by atoms with Crippen molar-refractivity contribution < 1.29 is 13.5 Å². The summed E-state index contributed by atoms with van der Waals surface area (Å²) >= 11 is 0. The lowest BCUT2D eigenvalue weighted by Crippen LogP contribution is -2.34. The molecule has 8 nitrogen and oxygen atoms in total. The van der Waals surface area contributed by atoms with Crippen LogP contribution in [0.3, 0.4) is 0 Å². The number of ether oxygens (including phenoxy) is 1. The lowest BCUT2D eigenvalue weighted by atomic mass is 9.72. The first kappa shape index (κ1) is 20.9. The van der Waals surface area contributed by atoms with E-state index in [1.54, 1.807) is 25.3 Å². The van der Waals surface area contributed by atoms with E-state index in [2.05, 4.69) is 19.9 Å². The molecule has 1 aliphatic carbocycles. The van der Waals surface area contributed by atoms with Crippen molar-refractivity contribution >= 4 is 28.5 Å². The molecular weight excluding hydrogens is 404 g/mol. The number of pyridine rings is 1. The molecule has 2 heterocycles. The summed E-state index contributed by atoms with van der Waals surface area (Å²) in [6.07, 6.45) is 0.304. The number of amidine groups is 1. The summed E-state index contributed by atoms with van der Waals surface area (Å²) in [4.78, 5) is 17.3. The molecule has 31 heavy (non-hydrogen) atoms. The molecule has 4 rings (SSSR count). The van der Waals surface area contributed by atoms with E-state index in [1.165, 1.54) is 6.20 Å². The maximum absolute atomic E-state index is 12.7. The fraction of sp³-hybridized carbons (Fsp3) is 0.333. The van der Waals surface area contributed by atoms with Gasteiger partial charge in [0.2, 0.25) is 5.95 Å². The third-order valence-electron chi connectivity index (χ3n) is 5.58. The highest BCUT2D eigenvalue weighted by Crippen LogP contribution is 2.41. The Kier molecular flexibility index (Phi) is 5.64. The van der Waals surface area contributed by atoms with Crippen LogP contribution in [0, 0.1) is 5.92 Å². The zero-order valence-corrected chi connectivity index (χ0v) is 16.9. The second-order valence-electron chi connectivity index (χ2n) is 7.54. The van der Waals surface area contributed by atoms with Gasteiger partial charge < -0.3 is 21.9 Å². The van der Waals surface area contributed by atoms with Crippen molar-refractivity contribution in [2.45, 2.75) is 31.2 Å². The number of fused-ring (bicyclic) bond motifs is 1. The molecule has 1 atom stereocenters. The normalized spacial score (nSPS) is 20.0. The number of hydrogen-bond donors (Lipinski definition) is 3. The summed E-state index contributed by atoms with van der Waals surface area (Å²) in [5.74, 6) is 1.75. The van der Waals surface area contributed by atoms with Crippen molar-refractivity contribution in [3.05, 3.63) is 47.8 Å². The Labute approximate surface area is 177 Å². The number of rotatable bonds is 6. The Morgan fingerprint density at radius 1 is 1.19 bits per heavy atom. The lowest BCUT2D eigenvalue weighted by Gasteiger charge is -2.34. The molecule has 1 fully saturated rings. The number of anilines is 1. The van der Waals surface area contributed by atoms with Gasteiger partial charge in [-0.05, 0) is 36.6 Å². The summed E-state index contributed by atoms with van der Waals surface area (Å²) in [5, 5.41) is 0.694. The van der Waals surface area contributed by atoms with Crippen LogP contribution >= 0.6 is 0 Å². The summed E-state index contributed by atoms with van der Waals surface area (Å²) in [6, 6.07) is 7.47. The van der Waals surface area contributed by atoms with Crippen molar-refractivity contribution in [1.82, 2.24) is 15.0 Å². The monoisotopic (exact) mass is 427 g/mol. The van der Waals surface area contributed by atoms with Gasteiger partial charge in [-0.15, -0.1) is 0 Å². The predicted octanol–water partition coefficient (Wildman–Crippen LogP) is 3.06. The second-order valence-corrected chi connectivity index (χ2v) is 7.54. The molecule has 1 aliphatic rings. The van der Waals surface area contributed by atoms with Crippen molar-refractivity contribution in [2.75, 3.05) is 12.8 Å². The number of nitrogens with two attached hydrogens (primary N) is 3. The van der Waals surface area contributed by atoms with Crippen LogP contribution in [0.15, 0.2) is 41.5 Å². The fourth-order valence-electron chi connectivity index (χ4n) is 3.69. The number of nitrogens with zero attached hydrogens (tertiary/aromatic N) is 4. The van der Waals surface area contributed by atoms with Gasteiger partial charge in [-0.3, -0.25) is 4.98 Å². The molecule has 0 bridgehead atoms. The minimum Gasteiger partial charge on any atom is -0.494 e. The van der Waals surface area contributed by atoms with Crippen molar-refractivity contribution in [1.29, 1.82) is 0 Å². The van der Waals surface area contributed by atoms with E-state index in [-0.39, 0.29) is 17.8 Å².